The number of β-lactam (4-membered cyclic amide) rings is 1. The van der Waals surface area contributed by atoms with Gasteiger partial charge in [0.15, 0.2) is 11.8 Å². The Balaban J connectivity index is 1.53. The van der Waals surface area contributed by atoms with Crippen LogP contribution in [0.5, 0.6) is 0 Å². The summed E-state index contributed by atoms with van der Waals surface area (Å²) < 4.78 is 13.2. The molecule has 5 rings (SSSR count). The molecule has 9 nitrogen and oxygen atoms in total. The molecule has 1 saturated heterocycles. The van der Waals surface area contributed by atoms with Crippen LogP contribution in [0.1, 0.15) is 65.6 Å². The second kappa shape index (κ2) is 13.9. The molecule has 3 aromatic carbocycles. The van der Waals surface area contributed by atoms with Gasteiger partial charge in [-0.05, 0) is 60.6 Å². The number of imide groups is 1. The van der Waals surface area contributed by atoms with Gasteiger partial charge in [-0.3, -0.25) is 19.3 Å². The lowest BCUT2D eigenvalue weighted by Crippen LogP contribution is -2.65. The summed E-state index contributed by atoms with van der Waals surface area (Å²) in [6, 6.07) is 24.9. The van der Waals surface area contributed by atoms with Crippen molar-refractivity contribution in [2.45, 2.75) is 52.3 Å². The Hall–Kier alpha value is -4.19. The van der Waals surface area contributed by atoms with Crippen LogP contribution in [-0.2, 0) is 18.8 Å². The second-order valence-corrected chi connectivity index (χ2v) is 16.1. The smallest absolute Gasteiger partial charge is 0.359 e. The van der Waals surface area contributed by atoms with Gasteiger partial charge in [0.05, 0.1) is 17.0 Å². The number of rotatable bonds is 11. The third kappa shape index (κ3) is 6.93. The zero-order valence-corrected chi connectivity index (χ0v) is 29.1. The minimum Gasteiger partial charge on any atom is -0.510 e. The Bertz CT molecular complexity index is 1610. The zero-order valence-electron chi connectivity index (χ0n) is 27.3. The minimum atomic E-state index is -1.11. The van der Waals surface area contributed by atoms with Crippen molar-refractivity contribution >= 4 is 44.7 Å². The van der Waals surface area contributed by atoms with Crippen molar-refractivity contribution in [2.24, 2.45) is 17.3 Å². The Morgan fingerprint density at radius 2 is 1.36 bits per heavy atom. The van der Waals surface area contributed by atoms with E-state index < -0.39 is 61.3 Å². The molecule has 47 heavy (non-hydrogen) atoms. The summed E-state index contributed by atoms with van der Waals surface area (Å²) in [4.78, 5) is 56.4. The van der Waals surface area contributed by atoms with Crippen molar-refractivity contribution in [1.82, 2.24) is 9.21 Å². The van der Waals surface area contributed by atoms with Crippen LogP contribution in [0.3, 0.4) is 0 Å². The van der Waals surface area contributed by atoms with Gasteiger partial charge in [0.25, 0.3) is 11.8 Å². The molecule has 0 bridgehead atoms. The summed E-state index contributed by atoms with van der Waals surface area (Å²) in [5.74, 6) is -3.87. The van der Waals surface area contributed by atoms with Crippen molar-refractivity contribution in [3.63, 3.8) is 0 Å². The summed E-state index contributed by atoms with van der Waals surface area (Å²) in [7, 11) is -1.11. The number of aliphatic hydroxyl groups is 1. The first-order chi connectivity index (χ1) is 22.3. The average Bonchev–Trinajstić information content (AvgIpc) is 3.28. The molecule has 3 amide bonds. The van der Waals surface area contributed by atoms with E-state index in [1.807, 2.05) is 94.5 Å². The first-order valence-corrected chi connectivity index (χ1v) is 18.7. The molecule has 1 fully saturated rings. The number of allylic oxidation sites excluding steroid dienone is 1. The standard InChI is InChI=1S/C36H39N2O7SSi/c1-22(39)29(35(43)45-30(23-15-9-7-10-16-23)24-17-11-8-12-18-24)37-33(42)28(27(36(2,3)4)21-44-47(5)6)34(37)46-38-31(40)25-19-13-14-20-26(25)32(38)41/h7-20,27-28,30,34,39H,21H2,1-6H3/t27-,28+,34-/m1/s1. The molecule has 11 heteroatoms. The first kappa shape index (κ1) is 34.1. The van der Waals surface area contributed by atoms with E-state index in [4.69, 9.17) is 9.16 Å². The van der Waals surface area contributed by atoms with Crippen LogP contribution in [0.4, 0.5) is 0 Å². The highest BCUT2D eigenvalue weighted by atomic mass is 32.2. The van der Waals surface area contributed by atoms with Crippen LogP contribution in [-0.4, -0.2) is 59.0 Å². The highest BCUT2D eigenvalue weighted by Gasteiger charge is 2.59. The minimum absolute atomic E-state index is 0.265. The largest absolute Gasteiger partial charge is 0.510 e. The number of esters is 1. The highest BCUT2D eigenvalue weighted by Crippen LogP contribution is 2.50. The second-order valence-electron chi connectivity index (χ2n) is 12.9. The normalized spacial score (nSPS) is 19.1. The molecular formula is C36H39N2O7SSi. The van der Waals surface area contributed by atoms with Crippen molar-refractivity contribution < 1.29 is 33.4 Å². The number of fused-ring (bicyclic) bond motifs is 1. The van der Waals surface area contributed by atoms with Crippen molar-refractivity contribution in [3.8, 4) is 0 Å². The number of carbonyl (C=O) groups is 4. The van der Waals surface area contributed by atoms with E-state index in [-0.39, 0.29) is 29.3 Å². The van der Waals surface area contributed by atoms with E-state index in [0.717, 1.165) is 16.3 Å². The maximum atomic E-state index is 14.3. The Kier molecular flexibility index (Phi) is 10.1. The van der Waals surface area contributed by atoms with Crippen LogP contribution in [0.2, 0.25) is 13.1 Å². The van der Waals surface area contributed by atoms with Crippen LogP contribution in [0, 0.1) is 17.3 Å². The van der Waals surface area contributed by atoms with Crippen LogP contribution in [0.15, 0.2) is 96.4 Å². The molecule has 0 spiro atoms. The summed E-state index contributed by atoms with van der Waals surface area (Å²) in [6.45, 7) is 11.6. The van der Waals surface area contributed by atoms with Crippen LogP contribution in [0.25, 0.3) is 0 Å². The van der Waals surface area contributed by atoms with Crippen LogP contribution < -0.4 is 0 Å². The maximum Gasteiger partial charge on any atom is 0.359 e. The van der Waals surface area contributed by atoms with Gasteiger partial charge in [0, 0.05) is 12.5 Å². The number of hydrogen-bond donors (Lipinski definition) is 1. The molecule has 3 atom stereocenters. The molecule has 2 aliphatic heterocycles. The number of amides is 3. The van der Waals surface area contributed by atoms with E-state index in [2.05, 4.69) is 0 Å². The van der Waals surface area contributed by atoms with Crippen molar-refractivity contribution in [2.75, 3.05) is 6.61 Å². The molecule has 2 heterocycles. The molecule has 1 N–H and O–H groups in total. The van der Waals surface area contributed by atoms with Gasteiger partial charge in [-0.1, -0.05) is 93.6 Å². The predicted octanol–water partition coefficient (Wildman–Crippen LogP) is 6.77. The number of nitrogens with zero attached hydrogens (tertiary/aromatic N) is 2. The summed E-state index contributed by atoms with van der Waals surface area (Å²) in [5, 5.41) is 10.1. The summed E-state index contributed by atoms with van der Waals surface area (Å²) in [6.07, 6.45) is -0.834. The lowest BCUT2D eigenvalue weighted by Gasteiger charge is -2.52. The zero-order chi connectivity index (χ0) is 34.0. The van der Waals surface area contributed by atoms with Gasteiger partial charge in [-0.15, -0.1) is 0 Å². The number of aliphatic hydroxyl groups excluding tert-OH is 1. The van der Waals surface area contributed by atoms with Gasteiger partial charge in [0.1, 0.15) is 11.1 Å². The SMILES string of the molecule is CC(O)=C(C(=O)OC(c1ccccc1)c1ccccc1)N1C(=O)[C@H]([C@@H](CO[Si](C)C)C(C)(C)C)[C@H]1SN1C(=O)c2ccccc2C1=O. The quantitative estimate of drug-likeness (QED) is 0.0452. The lowest BCUT2D eigenvalue weighted by atomic mass is 9.70. The molecule has 2 aliphatic rings. The van der Waals surface area contributed by atoms with Gasteiger partial charge in [-0.2, -0.15) is 0 Å². The number of hydrogen-bond acceptors (Lipinski definition) is 8. The molecule has 245 valence electrons. The molecular weight excluding hydrogens is 633 g/mol. The summed E-state index contributed by atoms with van der Waals surface area (Å²) in [5.41, 5.74) is 1.17. The van der Waals surface area contributed by atoms with Gasteiger partial charge < -0.3 is 14.3 Å². The van der Waals surface area contributed by atoms with E-state index in [1.165, 1.54) is 11.8 Å². The lowest BCUT2D eigenvalue weighted by molar-refractivity contribution is -0.161. The fourth-order valence-corrected chi connectivity index (χ4v) is 7.75. The fraction of sp³-hybridized carbons (Fsp3) is 0.333. The summed E-state index contributed by atoms with van der Waals surface area (Å²) >= 11 is 0.879. The molecule has 0 saturated carbocycles. The van der Waals surface area contributed by atoms with E-state index >= 15 is 0 Å². The van der Waals surface area contributed by atoms with E-state index in [1.54, 1.807) is 24.3 Å². The Morgan fingerprint density at radius 1 is 0.872 bits per heavy atom. The van der Waals surface area contributed by atoms with Crippen molar-refractivity contribution in [3.05, 3.63) is 119 Å². The van der Waals surface area contributed by atoms with Crippen molar-refractivity contribution in [1.29, 1.82) is 0 Å². The Labute approximate surface area is 281 Å². The van der Waals surface area contributed by atoms with E-state index in [9.17, 15) is 24.3 Å². The molecule has 0 unspecified atom stereocenters. The third-order valence-corrected chi connectivity index (χ3v) is 10.4. The fourth-order valence-electron chi connectivity index (χ4n) is 5.89. The molecule has 1 radical (unpaired) electrons. The number of carbonyl (C=O) groups excluding carboxylic acids is 4. The first-order valence-electron chi connectivity index (χ1n) is 15.4. The number of benzene rings is 3. The predicted molar refractivity (Wildman–Crippen MR) is 181 cm³/mol. The van der Waals surface area contributed by atoms with Gasteiger partial charge in [-0.25, -0.2) is 9.10 Å². The number of ether oxygens (including phenoxy) is 1. The van der Waals surface area contributed by atoms with Crippen LogP contribution >= 0.6 is 11.9 Å². The molecule has 3 aromatic rings. The highest BCUT2D eigenvalue weighted by molar-refractivity contribution is 7.98. The number of likely N-dealkylation sites (tertiary alicyclic amines) is 1. The molecule has 0 aromatic heterocycles. The van der Waals surface area contributed by atoms with Gasteiger partial charge >= 0.3 is 5.97 Å². The van der Waals surface area contributed by atoms with E-state index in [0.29, 0.717) is 11.1 Å². The molecule has 0 aliphatic carbocycles. The average molecular weight is 672 g/mol. The third-order valence-electron chi connectivity index (χ3n) is 8.36. The topological polar surface area (TPSA) is 113 Å². The monoisotopic (exact) mass is 671 g/mol. The maximum absolute atomic E-state index is 14.3. The Morgan fingerprint density at radius 3 is 1.81 bits per heavy atom. The van der Waals surface area contributed by atoms with Gasteiger partial charge in [0.2, 0.25) is 14.9 Å².